The molecule has 0 saturated heterocycles. The van der Waals surface area contributed by atoms with Gasteiger partial charge in [-0.15, -0.1) is 0 Å². The van der Waals surface area contributed by atoms with E-state index in [4.69, 9.17) is 4.74 Å². The average molecular weight is 209 g/mol. The first kappa shape index (κ1) is 11.8. The van der Waals surface area contributed by atoms with Gasteiger partial charge in [-0.2, -0.15) is 0 Å². The summed E-state index contributed by atoms with van der Waals surface area (Å²) in [5.74, 6) is 1.59. The van der Waals surface area contributed by atoms with Crippen LogP contribution in [0.2, 0.25) is 0 Å². The van der Waals surface area contributed by atoms with Crippen LogP contribution >= 0.6 is 0 Å². The second-order valence-corrected chi connectivity index (χ2v) is 3.23. The maximum absolute atomic E-state index is 5.18. The molecule has 4 heteroatoms. The molecular weight excluding hydrogens is 190 g/mol. The van der Waals surface area contributed by atoms with Gasteiger partial charge in [-0.05, 0) is 25.1 Å². The summed E-state index contributed by atoms with van der Waals surface area (Å²) in [5.41, 5.74) is 0. The Bertz CT molecular complexity index is 278. The smallest absolute Gasteiger partial charge is 0.168 e. The molecule has 0 saturated carbocycles. The van der Waals surface area contributed by atoms with Crippen LogP contribution in [-0.2, 0) is 0 Å². The van der Waals surface area contributed by atoms with Crippen molar-refractivity contribution in [2.75, 3.05) is 32.1 Å². The standard InChI is InChI=1S/C11H19N3O/c1-3-6-12-8-9-14-11-10(15-2)5-4-7-13-11/h4-5,7,12H,3,6,8-9H2,1-2H3,(H,13,14). The lowest BCUT2D eigenvalue weighted by atomic mass is 10.4. The van der Waals surface area contributed by atoms with Crippen LogP contribution < -0.4 is 15.4 Å². The number of aromatic nitrogens is 1. The number of methoxy groups -OCH3 is 1. The summed E-state index contributed by atoms with van der Waals surface area (Å²) in [6, 6.07) is 3.76. The van der Waals surface area contributed by atoms with Gasteiger partial charge < -0.3 is 15.4 Å². The zero-order chi connectivity index (χ0) is 10.9. The van der Waals surface area contributed by atoms with Gasteiger partial charge in [0.05, 0.1) is 7.11 Å². The molecular formula is C11H19N3O. The van der Waals surface area contributed by atoms with E-state index in [2.05, 4.69) is 22.5 Å². The number of ether oxygens (including phenoxy) is 1. The number of nitrogens with one attached hydrogen (secondary N) is 2. The van der Waals surface area contributed by atoms with Crippen molar-refractivity contribution in [1.29, 1.82) is 0 Å². The molecule has 0 unspecified atom stereocenters. The Morgan fingerprint density at radius 3 is 2.93 bits per heavy atom. The van der Waals surface area contributed by atoms with Crippen LogP contribution in [0.1, 0.15) is 13.3 Å². The molecule has 0 amide bonds. The van der Waals surface area contributed by atoms with Gasteiger partial charge in [0.25, 0.3) is 0 Å². The Morgan fingerprint density at radius 2 is 2.20 bits per heavy atom. The molecule has 0 aromatic carbocycles. The van der Waals surface area contributed by atoms with E-state index in [0.717, 1.165) is 37.6 Å². The Balaban J connectivity index is 2.30. The van der Waals surface area contributed by atoms with Gasteiger partial charge in [0.2, 0.25) is 0 Å². The van der Waals surface area contributed by atoms with Gasteiger partial charge in [-0.1, -0.05) is 6.92 Å². The van der Waals surface area contributed by atoms with Crippen LogP contribution in [0.5, 0.6) is 5.75 Å². The third-order valence-corrected chi connectivity index (χ3v) is 2.01. The zero-order valence-corrected chi connectivity index (χ0v) is 9.42. The van der Waals surface area contributed by atoms with Crippen molar-refractivity contribution in [3.63, 3.8) is 0 Å². The maximum Gasteiger partial charge on any atom is 0.168 e. The van der Waals surface area contributed by atoms with Crippen LogP contribution in [0.4, 0.5) is 5.82 Å². The molecule has 1 aromatic heterocycles. The van der Waals surface area contributed by atoms with Crippen LogP contribution in [0.15, 0.2) is 18.3 Å². The largest absolute Gasteiger partial charge is 0.493 e. The predicted octanol–water partition coefficient (Wildman–Crippen LogP) is 1.50. The fourth-order valence-corrected chi connectivity index (χ4v) is 1.26. The number of pyridine rings is 1. The van der Waals surface area contributed by atoms with Crippen molar-refractivity contribution in [2.45, 2.75) is 13.3 Å². The molecule has 0 aliphatic carbocycles. The van der Waals surface area contributed by atoms with Gasteiger partial charge in [0.15, 0.2) is 11.6 Å². The van der Waals surface area contributed by atoms with Crippen LogP contribution in [-0.4, -0.2) is 31.7 Å². The highest BCUT2D eigenvalue weighted by Gasteiger charge is 2.00. The van der Waals surface area contributed by atoms with E-state index in [1.165, 1.54) is 0 Å². The Hall–Kier alpha value is -1.29. The summed E-state index contributed by atoms with van der Waals surface area (Å²) < 4.78 is 5.18. The number of anilines is 1. The number of hydrogen-bond acceptors (Lipinski definition) is 4. The van der Waals surface area contributed by atoms with Gasteiger partial charge in [-0.3, -0.25) is 0 Å². The summed E-state index contributed by atoms with van der Waals surface area (Å²) in [6.45, 7) is 5.00. The second kappa shape index (κ2) is 7.06. The molecule has 0 bridgehead atoms. The SMILES string of the molecule is CCCNCCNc1ncccc1OC. The molecule has 0 aliphatic heterocycles. The summed E-state index contributed by atoms with van der Waals surface area (Å²) in [4.78, 5) is 4.20. The monoisotopic (exact) mass is 209 g/mol. The first-order valence-corrected chi connectivity index (χ1v) is 5.32. The number of rotatable bonds is 7. The van der Waals surface area contributed by atoms with E-state index >= 15 is 0 Å². The normalized spacial score (nSPS) is 10.0. The minimum Gasteiger partial charge on any atom is -0.493 e. The van der Waals surface area contributed by atoms with Crippen molar-refractivity contribution < 1.29 is 4.74 Å². The summed E-state index contributed by atoms with van der Waals surface area (Å²) >= 11 is 0. The lowest BCUT2D eigenvalue weighted by Crippen LogP contribution is -2.23. The molecule has 1 heterocycles. The Kier molecular flexibility index (Phi) is 5.55. The molecule has 1 aromatic rings. The fraction of sp³-hybridized carbons (Fsp3) is 0.545. The summed E-state index contributed by atoms with van der Waals surface area (Å²) in [6.07, 6.45) is 2.91. The van der Waals surface area contributed by atoms with Gasteiger partial charge in [0.1, 0.15) is 0 Å². The quantitative estimate of drug-likeness (QED) is 0.668. The maximum atomic E-state index is 5.18. The summed E-state index contributed by atoms with van der Waals surface area (Å²) in [7, 11) is 1.65. The minimum absolute atomic E-state index is 0.785. The van der Waals surface area contributed by atoms with E-state index in [0.29, 0.717) is 0 Å². The van der Waals surface area contributed by atoms with Crippen molar-refractivity contribution >= 4 is 5.82 Å². The van der Waals surface area contributed by atoms with E-state index in [9.17, 15) is 0 Å². The summed E-state index contributed by atoms with van der Waals surface area (Å²) in [5, 5.41) is 6.54. The highest BCUT2D eigenvalue weighted by Crippen LogP contribution is 2.19. The van der Waals surface area contributed by atoms with Gasteiger partial charge >= 0.3 is 0 Å². The molecule has 84 valence electrons. The van der Waals surface area contributed by atoms with E-state index in [-0.39, 0.29) is 0 Å². The van der Waals surface area contributed by atoms with E-state index in [1.807, 2.05) is 12.1 Å². The molecule has 2 N–H and O–H groups in total. The van der Waals surface area contributed by atoms with Crippen LogP contribution in [0.25, 0.3) is 0 Å². The lowest BCUT2D eigenvalue weighted by Gasteiger charge is -2.09. The Morgan fingerprint density at radius 1 is 1.33 bits per heavy atom. The van der Waals surface area contributed by atoms with Crippen LogP contribution in [0, 0.1) is 0 Å². The van der Waals surface area contributed by atoms with Crippen molar-refractivity contribution in [1.82, 2.24) is 10.3 Å². The molecule has 0 fully saturated rings. The fourth-order valence-electron chi connectivity index (χ4n) is 1.26. The number of hydrogen-bond donors (Lipinski definition) is 2. The van der Waals surface area contributed by atoms with E-state index in [1.54, 1.807) is 13.3 Å². The first-order valence-electron chi connectivity index (χ1n) is 5.32. The van der Waals surface area contributed by atoms with Gasteiger partial charge in [0, 0.05) is 19.3 Å². The molecule has 0 radical (unpaired) electrons. The third-order valence-electron chi connectivity index (χ3n) is 2.01. The van der Waals surface area contributed by atoms with Crippen LogP contribution in [0.3, 0.4) is 0 Å². The van der Waals surface area contributed by atoms with Crippen molar-refractivity contribution in [3.8, 4) is 5.75 Å². The minimum atomic E-state index is 0.785. The molecule has 0 aliphatic rings. The molecule has 15 heavy (non-hydrogen) atoms. The zero-order valence-electron chi connectivity index (χ0n) is 9.42. The van der Waals surface area contributed by atoms with Crippen molar-refractivity contribution in [3.05, 3.63) is 18.3 Å². The number of nitrogens with zero attached hydrogens (tertiary/aromatic N) is 1. The average Bonchev–Trinajstić information content (AvgIpc) is 2.29. The molecule has 1 rings (SSSR count). The third kappa shape index (κ3) is 4.16. The Labute approximate surface area is 91.1 Å². The predicted molar refractivity (Wildman–Crippen MR) is 62.4 cm³/mol. The highest BCUT2D eigenvalue weighted by atomic mass is 16.5. The highest BCUT2D eigenvalue weighted by molar-refractivity contribution is 5.49. The molecule has 4 nitrogen and oxygen atoms in total. The van der Waals surface area contributed by atoms with E-state index < -0.39 is 0 Å². The molecule has 0 atom stereocenters. The topological polar surface area (TPSA) is 46.2 Å². The first-order chi connectivity index (χ1) is 7.38. The lowest BCUT2D eigenvalue weighted by molar-refractivity contribution is 0.415. The molecule has 0 spiro atoms. The van der Waals surface area contributed by atoms with Gasteiger partial charge in [-0.25, -0.2) is 4.98 Å². The second-order valence-electron chi connectivity index (χ2n) is 3.23. The van der Waals surface area contributed by atoms with Crippen molar-refractivity contribution in [2.24, 2.45) is 0 Å².